The van der Waals surface area contributed by atoms with Crippen molar-refractivity contribution in [1.29, 1.82) is 0 Å². The van der Waals surface area contributed by atoms with Crippen molar-refractivity contribution in [2.45, 2.75) is 13.5 Å². The maximum Gasteiger partial charge on any atom is 0.225 e. The molecule has 0 saturated carbocycles. The van der Waals surface area contributed by atoms with Crippen LogP contribution in [-0.4, -0.2) is 48.2 Å². The number of nitrogens with zero attached hydrogens (tertiary/aromatic N) is 5. The van der Waals surface area contributed by atoms with E-state index in [1.54, 1.807) is 7.11 Å². The van der Waals surface area contributed by atoms with Gasteiger partial charge in [0.25, 0.3) is 0 Å². The van der Waals surface area contributed by atoms with Crippen LogP contribution < -0.4 is 19.9 Å². The number of anilines is 3. The van der Waals surface area contributed by atoms with Gasteiger partial charge in [0.1, 0.15) is 17.4 Å². The highest BCUT2D eigenvalue weighted by molar-refractivity contribution is 5.48. The molecule has 0 atom stereocenters. The zero-order valence-electron chi connectivity index (χ0n) is 16.9. The third-order valence-corrected chi connectivity index (χ3v) is 5.03. The van der Waals surface area contributed by atoms with Crippen molar-refractivity contribution in [2.75, 3.05) is 48.4 Å². The quantitative estimate of drug-likeness (QED) is 0.694. The highest BCUT2D eigenvalue weighted by Crippen LogP contribution is 2.20. The Labute approximate surface area is 171 Å². The average Bonchev–Trinajstić information content (AvgIpc) is 2.78. The fraction of sp³-hybridized carbons (Fsp3) is 0.318. The van der Waals surface area contributed by atoms with Crippen LogP contribution >= 0.6 is 0 Å². The van der Waals surface area contributed by atoms with Crippen molar-refractivity contribution in [3.05, 3.63) is 66.0 Å². The topological polar surface area (TPSA) is 66.4 Å². The first-order chi connectivity index (χ1) is 14.2. The summed E-state index contributed by atoms with van der Waals surface area (Å²) in [4.78, 5) is 18.4. The number of pyridine rings is 1. The van der Waals surface area contributed by atoms with Gasteiger partial charge in [0, 0.05) is 50.7 Å². The lowest BCUT2D eigenvalue weighted by molar-refractivity contribution is 0.414. The van der Waals surface area contributed by atoms with Gasteiger partial charge in [-0.15, -0.1) is 0 Å². The van der Waals surface area contributed by atoms with Crippen LogP contribution in [-0.2, 0) is 6.54 Å². The molecule has 0 aliphatic carbocycles. The van der Waals surface area contributed by atoms with E-state index in [0.29, 0.717) is 12.5 Å². The molecule has 3 heterocycles. The van der Waals surface area contributed by atoms with E-state index < -0.39 is 0 Å². The van der Waals surface area contributed by atoms with Crippen LogP contribution in [0.3, 0.4) is 0 Å². The van der Waals surface area contributed by atoms with Gasteiger partial charge in [0.15, 0.2) is 0 Å². The number of hydrogen-bond acceptors (Lipinski definition) is 7. The fourth-order valence-electron chi connectivity index (χ4n) is 3.42. The Kier molecular flexibility index (Phi) is 5.74. The van der Waals surface area contributed by atoms with E-state index in [1.165, 1.54) is 0 Å². The highest BCUT2D eigenvalue weighted by Gasteiger charge is 2.19. The lowest BCUT2D eigenvalue weighted by atomic mass is 10.2. The van der Waals surface area contributed by atoms with Gasteiger partial charge in [-0.3, -0.25) is 0 Å². The monoisotopic (exact) mass is 390 g/mol. The second-order valence-electron chi connectivity index (χ2n) is 7.05. The molecule has 150 valence electrons. The molecule has 3 aromatic rings. The Morgan fingerprint density at radius 1 is 0.931 bits per heavy atom. The second-order valence-corrected chi connectivity index (χ2v) is 7.05. The standard InChI is InChI=1S/C22H26N6O/c1-17-15-21(28-13-11-27(12-14-28)20-5-3-4-10-23-20)26-22(25-17)24-16-18-6-8-19(29-2)9-7-18/h3-10,15H,11-14,16H2,1-2H3,(H,24,25,26). The normalized spacial score (nSPS) is 14.0. The van der Waals surface area contributed by atoms with Crippen LogP contribution in [0.2, 0.25) is 0 Å². The Morgan fingerprint density at radius 2 is 1.66 bits per heavy atom. The lowest BCUT2D eigenvalue weighted by Crippen LogP contribution is -2.47. The number of aromatic nitrogens is 3. The Hall–Kier alpha value is -3.35. The number of nitrogens with one attached hydrogen (secondary N) is 1. The molecular formula is C22H26N6O. The summed E-state index contributed by atoms with van der Waals surface area (Å²) >= 11 is 0. The summed E-state index contributed by atoms with van der Waals surface area (Å²) in [6.45, 7) is 6.34. The molecule has 7 nitrogen and oxygen atoms in total. The van der Waals surface area contributed by atoms with Crippen LogP contribution in [0.15, 0.2) is 54.7 Å². The van der Waals surface area contributed by atoms with Gasteiger partial charge < -0.3 is 19.9 Å². The molecule has 0 bridgehead atoms. The number of methoxy groups -OCH3 is 1. The average molecular weight is 390 g/mol. The van der Waals surface area contributed by atoms with E-state index in [1.807, 2.05) is 49.5 Å². The second kappa shape index (κ2) is 8.77. The summed E-state index contributed by atoms with van der Waals surface area (Å²) in [5.74, 6) is 3.51. The van der Waals surface area contributed by atoms with Crippen LogP contribution in [0.4, 0.5) is 17.6 Å². The molecule has 1 N–H and O–H groups in total. The summed E-state index contributed by atoms with van der Waals surface area (Å²) in [6, 6.07) is 16.1. The fourth-order valence-corrected chi connectivity index (χ4v) is 3.42. The molecule has 0 spiro atoms. The van der Waals surface area contributed by atoms with E-state index in [0.717, 1.165) is 54.8 Å². The molecule has 0 unspecified atom stereocenters. The number of rotatable bonds is 6. The molecule has 0 amide bonds. The van der Waals surface area contributed by atoms with Gasteiger partial charge in [0.05, 0.1) is 7.11 Å². The van der Waals surface area contributed by atoms with Crippen LogP contribution in [0.25, 0.3) is 0 Å². The predicted molar refractivity (Wildman–Crippen MR) is 116 cm³/mol. The summed E-state index contributed by atoms with van der Waals surface area (Å²) in [6.07, 6.45) is 1.84. The largest absolute Gasteiger partial charge is 0.497 e. The molecule has 4 rings (SSSR count). The molecule has 1 saturated heterocycles. The maximum atomic E-state index is 5.21. The van der Waals surface area contributed by atoms with E-state index >= 15 is 0 Å². The first-order valence-corrected chi connectivity index (χ1v) is 9.85. The molecule has 1 fully saturated rings. The molecule has 0 radical (unpaired) electrons. The van der Waals surface area contributed by atoms with Crippen molar-refractivity contribution in [3.8, 4) is 5.75 Å². The number of ether oxygens (including phenoxy) is 1. The Balaban J connectivity index is 1.39. The molecule has 1 aliphatic rings. The summed E-state index contributed by atoms with van der Waals surface area (Å²) < 4.78 is 5.21. The zero-order chi connectivity index (χ0) is 20.1. The summed E-state index contributed by atoms with van der Waals surface area (Å²) in [7, 11) is 1.67. The van der Waals surface area contributed by atoms with Crippen molar-refractivity contribution >= 4 is 17.6 Å². The van der Waals surface area contributed by atoms with Crippen molar-refractivity contribution in [3.63, 3.8) is 0 Å². The minimum absolute atomic E-state index is 0.656. The number of benzene rings is 1. The van der Waals surface area contributed by atoms with Gasteiger partial charge in [-0.2, -0.15) is 4.98 Å². The minimum atomic E-state index is 0.656. The summed E-state index contributed by atoms with van der Waals surface area (Å²) in [5, 5.41) is 3.34. The van der Waals surface area contributed by atoms with Crippen molar-refractivity contribution in [2.24, 2.45) is 0 Å². The molecule has 7 heteroatoms. The smallest absolute Gasteiger partial charge is 0.225 e. The SMILES string of the molecule is COc1ccc(CNc2nc(C)cc(N3CCN(c4ccccn4)CC3)n2)cc1. The molecule has 1 aromatic carbocycles. The Morgan fingerprint density at radius 3 is 2.31 bits per heavy atom. The van der Waals surface area contributed by atoms with Gasteiger partial charge in [0.2, 0.25) is 5.95 Å². The van der Waals surface area contributed by atoms with Crippen LogP contribution in [0.5, 0.6) is 5.75 Å². The summed E-state index contributed by atoms with van der Waals surface area (Å²) in [5.41, 5.74) is 2.11. The van der Waals surface area contributed by atoms with E-state index in [4.69, 9.17) is 9.72 Å². The lowest BCUT2D eigenvalue weighted by Gasteiger charge is -2.36. The van der Waals surface area contributed by atoms with E-state index in [2.05, 4.69) is 37.2 Å². The van der Waals surface area contributed by atoms with Gasteiger partial charge in [-0.25, -0.2) is 9.97 Å². The first-order valence-electron chi connectivity index (χ1n) is 9.85. The third-order valence-electron chi connectivity index (χ3n) is 5.03. The molecule has 1 aliphatic heterocycles. The van der Waals surface area contributed by atoms with Crippen molar-refractivity contribution < 1.29 is 4.74 Å². The van der Waals surface area contributed by atoms with Gasteiger partial charge in [-0.05, 0) is 36.8 Å². The van der Waals surface area contributed by atoms with Crippen molar-refractivity contribution in [1.82, 2.24) is 15.0 Å². The van der Waals surface area contributed by atoms with Gasteiger partial charge in [-0.1, -0.05) is 18.2 Å². The first kappa shape index (κ1) is 19.0. The molecule has 29 heavy (non-hydrogen) atoms. The van der Waals surface area contributed by atoms with Crippen LogP contribution in [0.1, 0.15) is 11.3 Å². The van der Waals surface area contributed by atoms with Crippen LogP contribution in [0, 0.1) is 6.92 Å². The number of hydrogen-bond donors (Lipinski definition) is 1. The number of piperazine rings is 1. The Bertz CT molecular complexity index is 924. The zero-order valence-corrected chi connectivity index (χ0v) is 16.9. The third kappa shape index (κ3) is 4.74. The minimum Gasteiger partial charge on any atom is -0.497 e. The molecule has 2 aromatic heterocycles. The molecular weight excluding hydrogens is 364 g/mol. The number of aryl methyl sites for hydroxylation is 1. The van der Waals surface area contributed by atoms with Gasteiger partial charge >= 0.3 is 0 Å². The highest BCUT2D eigenvalue weighted by atomic mass is 16.5. The predicted octanol–water partition coefficient (Wildman–Crippen LogP) is 3.13. The maximum absolute atomic E-state index is 5.21. The van der Waals surface area contributed by atoms with E-state index in [9.17, 15) is 0 Å². The van der Waals surface area contributed by atoms with E-state index in [-0.39, 0.29) is 0 Å².